The molecule has 0 atom stereocenters. The van der Waals surface area contributed by atoms with E-state index in [1.54, 1.807) is 6.26 Å². The van der Waals surface area contributed by atoms with Crippen LogP contribution >= 0.6 is 0 Å². The summed E-state index contributed by atoms with van der Waals surface area (Å²) in [5.74, 6) is 1.86. The number of rotatable bonds is 7. The van der Waals surface area contributed by atoms with Crippen LogP contribution in [0.5, 0.6) is 5.75 Å². The summed E-state index contributed by atoms with van der Waals surface area (Å²) in [6, 6.07) is 10.6. The number of ether oxygens (including phenoxy) is 1. The first-order chi connectivity index (χ1) is 9.69. The van der Waals surface area contributed by atoms with Gasteiger partial charge < -0.3 is 14.5 Å². The number of hydrogen-bond acceptors (Lipinski definition) is 3. The quantitative estimate of drug-likeness (QED) is 0.830. The van der Waals surface area contributed by atoms with Crippen LogP contribution in [0, 0.1) is 0 Å². The average molecular weight is 273 g/mol. The van der Waals surface area contributed by atoms with Gasteiger partial charge in [-0.25, -0.2) is 0 Å². The fourth-order valence-electron chi connectivity index (χ4n) is 1.96. The van der Waals surface area contributed by atoms with Crippen LogP contribution in [0.2, 0.25) is 0 Å². The minimum Gasteiger partial charge on any atom is -0.489 e. The molecule has 20 heavy (non-hydrogen) atoms. The zero-order valence-electron chi connectivity index (χ0n) is 12.5. The fourth-order valence-corrected chi connectivity index (χ4v) is 1.96. The summed E-state index contributed by atoms with van der Waals surface area (Å²) in [6.45, 7) is 7.66. The van der Waals surface area contributed by atoms with Crippen LogP contribution in [0.3, 0.4) is 0 Å². The molecule has 0 amide bonds. The monoisotopic (exact) mass is 273 g/mol. The second-order valence-corrected chi connectivity index (χ2v) is 5.19. The largest absolute Gasteiger partial charge is 0.489 e. The number of nitrogens with one attached hydrogen (secondary N) is 1. The second-order valence-electron chi connectivity index (χ2n) is 5.19. The van der Waals surface area contributed by atoms with Crippen molar-refractivity contribution >= 4 is 0 Å². The molecule has 2 aromatic rings. The van der Waals surface area contributed by atoms with Crippen molar-refractivity contribution in [2.45, 2.75) is 46.4 Å². The van der Waals surface area contributed by atoms with Crippen LogP contribution in [0.1, 0.15) is 37.7 Å². The van der Waals surface area contributed by atoms with Crippen molar-refractivity contribution in [3.63, 3.8) is 0 Å². The molecule has 1 heterocycles. The maximum absolute atomic E-state index is 5.85. The maximum Gasteiger partial charge on any atom is 0.124 e. The highest BCUT2D eigenvalue weighted by molar-refractivity contribution is 5.29. The topological polar surface area (TPSA) is 34.4 Å². The lowest BCUT2D eigenvalue weighted by molar-refractivity contribution is 0.300. The van der Waals surface area contributed by atoms with Crippen LogP contribution in [0.4, 0.5) is 0 Å². The lowest BCUT2D eigenvalue weighted by atomic mass is 10.2. The van der Waals surface area contributed by atoms with E-state index in [4.69, 9.17) is 9.15 Å². The molecule has 0 aliphatic heterocycles. The molecule has 0 bridgehead atoms. The number of furan rings is 1. The van der Waals surface area contributed by atoms with Crippen molar-refractivity contribution in [2.75, 3.05) is 0 Å². The lowest BCUT2D eigenvalue weighted by Crippen LogP contribution is -2.22. The third-order valence-electron chi connectivity index (χ3n) is 3.21. The predicted octanol–water partition coefficient (Wildman–Crippen LogP) is 3.92. The van der Waals surface area contributed by atoms with Crippen LogP contribution in [0.25, 0.3) is 0 Å². The Hall–Kier alpha value is -1.74. The van der Waals surface area contributed by atoms with E-state index in [9.17, 15) is 0 Å². The smallest absolute Gasteiger partial charge is 0.124 e. The first-order valence-electron chi connectivity index (χ1n) is 7.19. The first-order valence-corrected chi connectivity index (χ1v) is 7.19. The van der Waals surface area contributed by atoms with Crippen LogP contribution in [-0.2, 0) is 19.6 Å². The van der Waals surface area contributed by atoms with E-state index in [1.165, 1.54) is 5.56 Å². The van der Waals surface area contributed by atoms with E-state index in [1.807, 2.05) is 18.2 Å². The molecule has 0 spiro atoms. The summed E-state index contributed by atoms with van der Waals surface area (Å²) in [5.41, 5.74) is 2.39. The SMILES string of the molecule is CCc1cccc(OCc2ccoc2CNC(C)C)c1. The Balaban J connectivity index is 1.95. The summed E-state index contributed by atoms with van der Waals surface area (Å²) in [5, 5.41) is 3.36. The Labute approximate surface area is 121 Å². The molecule has 3 heteroatoms. The number of benzene rings is 1. The maximum atomic E-state index is 5.85. The van der Waals surface area contributed by atoms with Gasteiger partial charge in [0.1, 0.15) is 18.1 Å². The number of aryl methyl sites for hydroxylation is 1. The molecular formula is C17H23NO2. The molecule has 2 rings (SSSR count). The summed E-state index contributed by atoms with van der Waals surface area (Å²) >= 11 is 0. The molecule has 0 radical (unpaired) electrons. The van der Waals surface area contributed by atoms with Gasteiger partial charge >= 0.3 is 0 Å². The molecule has 1 N–H and O–H groups in total. The third-order valence-corrected chi connectivity index (χ3v) is 3.21. The van der Waals surface area contributed by atoms with Crippen molar-refractivity contribution in [1.82, 2.24) is 5.32 Å². The molecule has 0 aliphatic carbocycles. The van der Waals surface area contributed by atoms with Gasteiger partial charge in [-0.3, -0.25) is 0 Å². The van der Waals surface area contributed by atoms with E-state index < -0.39 is 0 Å². The van der Waals surface area contributed by atoms with Gasteiger partial charge in [0.15, 0.2) is 0 Å². The van der Waals surface area contributed by atoms with Gasteiger partial charge in [-0.2, -0.15) is 0 Å². The van der Waals surface area contributed by atoms with Gasteiger partial charge in [0.25, 0.3) is 0 Å². The van der Waals surface area contributed by atoms with Crippen molar-refractivity contribution in [3.05, 3.63) is 53.5 Å². The van der Waals surface area contributed by atoms with Crippen LogP contribution in [0.15, 0.2) is 41.0 Å². The molecule has 0 unspecified atom stereocenters. The average Bonchev–Trinajstić information content (AvgIpc) is 2.90. The van der Waals surface area contributed by atoms with Gasteiger partial charge in [-0.15, -0.1) is 0 Å². The van der Waals surface area contributed by atoms with Gasteiger partial charge in [0.2, 0.25) is 0 Å². The highest BCUT2D eigenvalue weighted by atomic mass is 16.5. The van der Waals surface area contributed by atoms with E-state index in [0.29, 0.717) is 12.6 Å². The molecule has 1 aromatic heterocycles. The van der Waals surface area contributed by atoms with E-state index in [0.717, 1.165) is 30.0 Å². The highest BCUT2D eigenvalue weighted by Gasteiger charge is 2.07. The molecule has 0 saturated carbocycles. The van der Waals surface area contributed by atoms with E-state index in [-0.39, 0.29) is 0 Å². The van der Waals surface area contributed by atoms with Gasteiger partial charge in [0, 0.05) is 11.6 Å². The second kappa shape index (κ2) is 7.15. The van der Waals surface area contributed by atoms with Crippen molar-refractivity contribution in [2.24, 2.45) is 0 Å². The summed E-state index contributed by atoms with van der Waals surface area (Å²) in [4.78, 5) is 0. The standard InChI is InChI=1S/C17H23NO2/c1-4-14-6-5-7-16(10-14)20-12-15-8-9-19-17(15)11-18-13(2)3/h5-10,13,18H,4,11-12H2,1-3H3. The van der Waals surface area contributed by atoms with Gasteiger partial charge in [-0.1, -0.05) is 32.9 Å². The predicted molar refractivity (Wildman–Crippen MR) is 80.8 cm³/mol. The molecule has 0 aliphatic rings. The molecule has 3 nitrogen and oxygen atoms in total. The van der Waals surface area contributed by atoms with Gasteiger partial charge in [0.05, 0.1) is 12.8 Å². The fraction of sp³-hybridized carbons (Fsp3) is 0.412. The van der Waals surface area contributed by atoms with Crippen molar-refractivity contribution in [1.29, 1.82) is 0 Å². The Morgan fingerprint density at radius 1 is 1.25 bits per heavy atom. The molecule has 1 aromatic carbocycles. The zero-order valence-corrected chi connectivity index (χ0v) is 12.5. The normalized spacial score (nSPS) is 11.0. The Morgan fingerprint density at radius 3 is 2.85 bits per heavy atom. The molecule has 108 valence electrons. The summed E-state index contributed by atoms with van der Waals surface area (Å²) in [6.07, 6.45) is 2.74. The molecule has 0 fully saturated rings. The Bertz CT molecular complexity index is 531. The minimum absolute atomic E-state index is 0.440. The number of hydrogen-bond donors (Lipinski definition) is 1. The minimum atomic E-state index is 0.440. The summed E-state index contributed by atoms with van der Waals surface area (Å²) in [7, 11) is 0. The summed E-state index contributed by atoms with van der Waals surface area (Å²) < 4.78 is 11.4. The lowest BCUT2D eigenvalue weighted by Gasteiger charge is -2.09. The van der Waals surface area contributed by atoms with Crippen LogP contribution in [-0.4, -0.2) is 6.04 Å². The Kier molecular flexibility index (Phi) is 5.24. The van der Waals surface area contributed by atoms with E-state index >= 15 is 0 Å². The van der Waals surface area contributed by atoms with Crippen LogP contribution < -0.4 is 10.1 Å². The first kappa shape index (κ1) is 14.7. The van der Waals surface area contributed by atoms with Gasteiger partial charge in [-0.05, 0) is 30.2 Å². The Morgan fingerprint density at radius 2 is 2.10 bits per heavy atom. The highest BCUT2D eigenvalue weighted by Crippen LogP contribution is 2.18. The van der Waals surface area contributed by atoms with E-state index in [2.05, 4.69) is 38.2 Å². The molecule has 0 saturated heterocycles. The third kappa shape index (κ3) is 4.14. The van der Waals surface area contributed by atoms with Crippen molar-refractivity contribution in [3.8, 4) is 5.75 Å². The molecular weight excluding hydrogens is 250 g/mol. The zero-order chi connectivity index (χ0) is 14.4. The van der Waals surface area contributed by atoms with Crippen molar-refractivity contribution < 1.29 is 9.15 Å².